The highest BCUT2D eigenvalue weighted by Crippen LogP contribution is 2.31. The fraction of sp³-hybridized carbons (Fsp3) is 0.560. The summed E-state index contributed by atoms with van der Waals surface area (Å²) in [6.07, 6.45) is 8.29. The number of sulfonamides is 1. The van der Waals surface area contributed by atoms with E-state index in [4.69, 9.17) is 0 Å². The molecule has 0 bridgehead atoms. The Labute approximate surface area is 186 Å². The van der Waals surface area contributed by atoms with Gasteiger partial charge in [-0.2, -0.15) is 4.31 Å². The summed E-state index contributed by atoms with van der Waals surface area (Å²) in [5, 5.41) is 5.26. The van der Waals surface area contributed by atoms with Crippen LogP contribution in [0.15, 0.2) is 47.4 Å². The van der Waals surface area contributed by atoms with Crippen molar-refractivity contribution in [1.82, 2.24) is 9.62 Å². The number of nitrogens with zero attached hydrogens (tertiary/aromatic N) is 1. The minimum absolute atomic E-state index is 0.0875. The summed E-state index contributed by atoms with van der Waals surface area (Å²) < 4.78 is 27.9. The van der Waals surface area contributed by atoms with Crippen molar-refractivity contribution in [2.45, 2.75) is 69.2 Å². The molecule has 2 aromatic rings. The van der Waals surface area contributed by atoms with Crippen LogP contribution in [0.5, 0.6) is 0 Å². The molecule has 1 saturated heterocycles. The zero-order valence-electron chi connectivity index (χ0n) is 18.4. The van der Waals surface area contributed by atoms with Crippen molar-refractivity contribution in [1.29, 1.82) is 0 Å². The van der Waals surface area contributed by atoms with Crippen LogP contribution in [-0.2, 0) is 14.8 Å². The number of hydrogen-bond acceptors (Lipinski definition) is 3. The first-order valence-corrected chi connectivity index (χ1v) is 13.2. The Hall–Kier alpha value is -1.92. The fourth-order valence-corrected chi connectivity index (χ4v) is 6.68. The number of carbonyl (C=O) groups excluding carboxylic acids is 1. The largest absolute Gasteiger partial charge is 0.353 e. The molecule has 1 saturated carbocycles. The van der Waals surface area contributed by atoms with E-state index < -0.39 is 10.0 Å². The van der Waals surface area contributed by atoms with Crippen LogP contribution in [0.2, 0.25) is 0 Å². The minimum Gasteiger partial charge on any atom is -0.353 e. The second-order valence-corrected chi connectivity index (χ2v) is 11.1. The van der Waals surface area contributed by atoms with Crippen LogP contribution >= 0.6 is 0 Å². The van der Waals surface area contributed by atoms with E-state index in [9.17, 15) is 13.2 Å². The van der Waals surface area contributed by atoms with Crippen LogP contribution in [0.4, 0.5) is 0 Å². The Morgan fingerprint density at radius 1 is 1.03 bits per heavy atom. The molecule has 2 unspecified atom stereocenters. The van der Waals surface area contributed by atoms with Crippen molar-refractivity contribution in [2.75, 3.05) is 13.1 Å². The van der Waals surface area contributed by atoms with Gasteiger partial charge in [-0.05, 0) is 60.9 Å². The summed E-state index contributed by atoms with van der Waals surface area (Å²) in [4.78, 5) is 13.2. The molecular formula is C25H34N2O3S. The number of amides is 1. The molecule has 5 nitrogen and oxygen atoms in total. The van der Waals surface area contributed by atoms with E-state index >= 15 is 0 Å². The molecule has 2 aliphatic rings. The van der Waals surface area contributed by atoms with E-state index in [0.717, 1.165) is 17.2 Å². The second-order valence-electron chi connectivity index (χ2n) is 9.14. The van der Waals surface area contributed by atoms with E-state index in [1.165, 1.54) is 32.1 Å². The van der Waals surface area contributed by atoms with Crippen molar-refractivity contribution in [3.8, 4) is 0 Å². The van der Waals surface area contributed by atoms with E-state index in [-0.39, 0.29) is 11.8 Å². The van der Waals surface area contributed by atoms with Gasteiger partial charge in [0.05, 0.1) is 4.90 Å². The Bertz CT molecular complexity index is 1010. The van der Waals surface area contributed by atoms with Crippen molar-refractivity contribution in [3.63, 3.8) is 0 Å². The summed E-state index contributed by atoms with van der Waals surface area (Å²) in [6, 6.07) is 13.4. The van der Waals surface area contributed by atoms with Crippen LogP contribution < -0.4 is 5.32 Å². The van der Waals surface area contributed by atoms with Gasteiger partial charge in [-0.15, -0.1) is 0 Å². The van der Waals surface area contributed by atoms with Gasteiger partial charge in [-0.1, -0.05) is 56.5 Å². The van der Waals surface area contributed by atoms with Crippen molar-refractivity contribution in [3.05, 3.63) is 42.5 Å². The highest BCUT2D eigenvalue weighted by molar-refractivity contribution is 7.89. The summed E-state index contributed by atoms with van der Waals surface area (Å²) in [5.74, 6) is 0.643. The third kappa shape index (κ3) is 4.96. The number of rotatable bonds is 7. The monoisotopic (exact) mass is 442 g/mol. The Balaban J connectivity index is 1.35. The average molecular weight is 443 g/mol. The molecule has 31 heavy (non-hydrogen) atoms. The molecule has 1 aliphatic carbocycles. The van der Waals surface area contributed by atoms with Gasteiger partial charge < -0.3 is 5.32 Å². The summed E-state index contributed by atoms with van der Waals surface area (Å²) >= 11 is 0. The fourth-order valence-electron chi connectivity index (χ4n) is 5.17. The number of hydrogen-bond donors (Lipinski definition) is 1. The Morgan fingerprint density at radius 2 is 1.77 bits per heavy atom. The molecule has 0 radical (unpaired) electrons. The first kappa shape index (κ1) is 22.3. The molecule has 0 spiro atoms. The summed E-state index contributed by atoms with van der Waals surface area (Å²) in [5.41, 5.74) is 0. The Morgan fingerprint density at radius 3 is 2.52 bits per heavy atom. The molecule has 168 valence electrons. The number of unbranched alkanes of at least 4 members (excludes halogenated alkanes) is 1. The number of nitrogens with one attached hydrogen (secondary N) is 1. The van der Waals surface area contributed by atoms with Crippen molar-refractivity contribution < 1.29 is 13.2 Å². The SMILES string of the molecule is CCCCC1CCCC1NC(=O)C1CCN(S(=O)(=O)c2ccc3ccccc3c2)CC1. The van der Waals surface area contributed by atoms with E-state index in [1.807, 2.05) is 30.3 Å². The molecule has 1 amide bonds. The second kappa shape index (κ2) is 9.70. The molecule has 1 heterocycles. The molecule has 2 atom stereocenters. The quantitative estimate of drug-likeness (QED) is 0.675. The lowest BCUT2D eigenvalue weighted by atomic mass is 9.94. The molecule has 1 N–H and O–H groups in total. The molecule has 0 aromatic heterocycles. The van der Waals surface area contributed by atoms with Gasteiger partial charge in [0.15, 0.2) is 0 Å². The van der Waals surface area contributed by atoms with Gasteiger partial charge in [0.1, 0.15) is 0 Å². The average Bonchev–Trinajstić information content (AvgIpc) is 3.24. The van der Waals surface area contributed by atoms with Crippen LogP contribution in [0.1, 0.15) is 58.3 Å². The van der Waals surface area contributed by atoms with E-state index in [0.29, 0.717) is 42.8 Å². The molecule has 6 heteroatoms. The third-order valence-corrected chi connectivity index (χ3v) is 8.99. The Kier molecular flexibility index (Phi) is 6.97. The lowest BCUT2D eigenvalue weighted by Gasteiger charge is -2.32. The number of benzene rings is 2. The normalized spacial score (nSPS) is 23.3. The predicted molar refractivity (Wildman–Crippen MR) is 124 cm³/mol. The third-order valence-electron chi connectivity index (χ3n) is 7.10. The lowest BCUT2D eigenvalue weighted by molar-refractivity contribution is -0.127. The smallest absolute Gasteiger partial charge is 0.243 e. The van der Waals surface area contributed by atoms with E-state index in [2.05, 4.69) is 12.2 Å². The maximum Gasteiger partial charge on any atom is 0.243 e. The van der Waals surface area contributed by atoms with Gasteiger partial charge in [0.25, 0.3) is 0 Å². The van der Waals surface area contributed by atoms with Crippen LogP contribution in [0, 0.1) is 11.8 Å². The number of piperidine rings is 1. The topological polar surface area (TPSA) is 66.5 Å². The van der Waals surface area contributed by atoms with Gasteiger partial charge in [-0.3, -0.25) is 4.79 Å². The zero-order chi connectivity index (χ0) is 21.8. The van der Waals surface area contributed by atoms with E-state index in [1.54, 1.807) is 16.4 Å². The van der Waals surface area contributed by atoms with Crippen LogP contribution in [0.25, 0.3) is 10.8 Å². The minimum atomic E-state index is -3.54. The summed E-state index contributed by atoms with van der Waals surface area (Å²) in [7, 11) is -3.54. The molecule has 1 aliphatic heterocycles. The van der Waals surface area contributed by atoms with Crippen molar-refractivity contribution in [2.24, 2.45) is 11.8 Å². The van der Waals surface area contributed by atoms with Crippen LogP contribution in [-0.4, -0.2) is 37.8 Å². The standard InChI is InChI=1S/C25H34N2O3S/c1-2-3-7-20-10-6-11-24(20)26-25(28)21-14-16-27(17-15-21)31(29,30)23-13-12-19-8-4-5-9-22(19)18-23/h4-5,8-9,12-13,18,20-21,24H,2-3,6-7,10-11,14-17H2,1H3,(H,26,28). The zero-order valence-corrected chi connectivity index (χ0v) is 19.2. The van der Waals surface area contributed by atoms with Gasteiger partial charge in [0.2, 0.25) is 15.9 Å². The maximum atomic E-state index is 13.2. The van der Waals surface area contributed by atoms with Gasteiger partial charge in [0, 0.05) is 25.0 Å². The first-order chi connectivity index (χ1) is 15.0. The number of fused-ring (bicyclic) bond motifs is 1. The highest BCUT2D eigenvalue weighted by atomic mass is 32.2. The van der Waals surface area contributed by atoms with Crippen LogP contribution in [0.3, 0.4) is 0 Å². The molecule has 2 fully saturated rings. The van der Waals surface area contributed by atoms with Crippen molar-refractivity contribution >= 4 is 26.7 Å². The highest BCUT2D eigenvalue weighted by Gasteiger charge is 2.34. The molecule has 4 rings (SSSR count). The number of carbonyl (C=O) groups is 1. The molecule has 2 aromatic carbocycles. The summed E-state index contributed by atoms with van der Waals surface area (Å²) in [6.45, 7) is 3.01. The van der Waals surface area contributed by atoms with Gasteiger partial charge >= 0.3 is 0 Å². The first-order valence-electron chi connectivity index (χ1n) is 11.8. The molecular weight excluding hydrogens is 408 g/mol. The lowest BCUT2D eigenvalue weighted by Crippen LogP contribution is -2.46. The predicted octanol–water partition coefficient (Wildman–Crippen LogP) is 4.72. The maximum absolute atomic E-state index is 13.2. The van der Waals surface area contributed by atoms with Gasteiger partial charge in [-0.25, -0.2) is 8.42 Å².